The molecule has 1 saturated heterocycles. The Morgan fingerprint density at radius 1 is 1.50 bits per heavy atom. The molecule has 0 radical (unpaired) electrons. The lowest BCUT2D eigenvalue weighted by Gasteiger charge is -2.10. The van der Waals surface area contributed by atoms with Crippen molar-refractivity contribution in [1.82, 2.24) is 0 Å². The average molecular weight is 281 g/mol. The number of rotatable bonds is 7. The fraction of sp³-hybridized carbons (Fsp3) is 0.571. The van der Waals surface area contributed by atoms with Crippen LogP contribution in [0.15, 0.2) is 18.2 Å². The highest BCUT2D eigenvalue weighted by atomic mass is 16.6. The van der Waals surface area contributed by atoms with Gasteiger partial charge >= 0.3 is 5.69 Å². The van der Waals surface area contributed by atoms with Gasteiger partial charge in [-0.2, -0.15) is 0 Å². The first-order valence-corrected chi connectivity index (χ1v) is 6.83. The smallest absolute Gasteiger partial charge is 0.310 e. The lowest BCUT2D eigenvalue weighted by Crippen LogP contribution is -2.08. The number of aliphatic hydroxyl groups is 1. The van der Waals surface area contributed by atoms with Gasteiger partial charge in [-0.25, -0.2) is 0 Å². The van der Waals surface area contributed by atoms with Gasteiger partial charge in [0.05, 0.1) is 24.2 Å². The number of nitrogens with zero attached hydrogens (tertiary/aromatic N) is 1. The summed E-state index contributed by atoms with van der Waals surface area (Å²) in [7, 11) is 0. The van der Waals surface area contributed by atoms with E-state index < -0.39 is 4.92 Å². The molecule has 0 saturated carbocycles. The normalized spacial score (nSPS) is 18.1. The molecule has 20 heavy (non-hydrogen) atoms. The number of aliphatic hydroxyl groups excluding tert-OH is 1. The summed E-state index contributed by atoms with van der Waals surface area (Å²) < 4.78 is 11.0. The maximum absolute atomic E-state index is 10.9. The monoisotopic (exact) mass is 281 g/mol. The van der Waals surface area contributed by atoms with Gasteiger partial charge in [-0.1, -0.05) is 0 Å². The largest absolute Gasteiger partial charge is 0.487 e. The lowest BCUT2D eigenvalue weighted by atomic mass is 10.1. The summed E-state index contributed by atoms with van der Waals surface area (Å²) in [6.07, 6.45) is 4.20. The van der Waals surface area contributed by atoms with Crippen molar-refractivity contribution in [3.63, 3.8) is 0 Å². The molecule has 1 N–H and O–H groups in total. The Kier molecular flexibility index (Phi) is 5.31. The molecule has 1 atom stereocenters. The molecule has 0 aliphatic carbocycles. The molecule has 1 aliphatic heterocycles. The van der Waals surface area contributed by atoms with E-state index in [1.807, 2.05) is 0 Å². The van der Waals surface area contributed by atoms with Crippen LogP contribution in [0.1, 0.15) is 31.2 Å². The van der Waals surface area contributed by atoms with E-state index in [9.17, 15) is 10.1 Å². The molecule has 1 aromatic rings. The van der Waals surface area contributed by atoms with Gasteiger partial charge < -0.3 is 14.6 Å². The summed E-state index contributed by atoms with van der Waals surface area (Å²) in [5.74, 6) is 0.217. The van der Waals surface area contributed by atoms with E-state index in [1.54, 1.807) is 0 Å². The molecule has 1 heterocycles. The van der Waals surface area contributed by atoms with Crippen molar-refractivity contribution in [2.75, 3.05) is 13.2 Å². The Labute approximate surface area is 117 Å². The molecular formula is C14H19NO5. The Hall–Kier alpha value is -1.66. The molecule has 1 aliphatic rings. The zero-order valence-corrected chi connectivity index (χ0v) is 11.3. The first kappa shape index (κ1) is 14.7. The summed E-state index contributed by atoms with van der Waals surface area (Å²) in [6, 6.07) is 4.41. The molecule has 0 amide bonds. The molecule has 1 fully saturated rings. The van der Waals surface area contributed by atoms with Crippen LogP contribution >= 0.6 is 0 Å². The number of ether oxygens (including phenoxy) is 2. The lowest BCUT2D eigenvalue weighted by molar-refractivity contribution is -0.385. The van der Waals surface area contributed by atoms with E-state index in [2.05, 4.69) is 0 Å². The second kappa shape index (κ2) is 7.21. The fourth-order valence-corrected chi connectivity index (χ4v) is 2.29. The maximum atomic E-state index is 10.9. The Morgan fingerprint density at radius 2 is 2.35 bits per heavy atom. The van der Waals surface area contributed by atoms with Crippen molar-refractivity contribution in [3.05, 3.63) is 33.9 Å². The van der Waals surface area contributed by atoms with Crippen LogP contribution in [0, 0.1) is 10.1 Å². The zero-order valence-electron chi connectivity index (χ0n) is 11.3. The van der Waals surface area contributed by atoms with E-state index in [1.165, 1.54) is 18.2 Å². The molecule has 1 aromatic carbocycles. The van der Waals surface area contributed by atoms with Crippen LogP contribution in [0.2, 0.25) is 0 Å². The molecule has 110 valence electrons. The number of hydrogen-bond acceptors (Lipinski definition) is 5. The van der Waals surface area contributed by atoms with E-state index >= 15 is 0 Å². The second-order valence-electron chi connectivity index (χ2n) is 4.84. The van der Waals surface area contributed by atoms with Crippen molar-refractivity contribution in [3.8, 4) is 5.75 Å². The first-order valence-electron chi connectivity index (χ1n) is 6.83. The first-order chi connectivity index (χ1) is 9.70. The summed E-state index contributed by atoms with van der Waals surface area (Å²) >= 11 is 0. The number of nitro groups is 1. The molecular weight excluding hydrogens is 262 g/mol. The number of benzene rings is 1. The summed E-state index contributed by atoms with van der Waals surface area (Å²) in [6.45, 7) is 1.08. The Bertz CT molecular complexity index is 457. The molecule has 1 unspecified atom stereocenters. The molecule has 0 spiro atoms. The van der Waals surface area contributed by atoms with Gasteiger partial charge in [0.1, 0.15) is 0 Å². The van der Waals surface area contributed by atoms with Crippen LogP contribution in [0.25, 0.3) is 0 Å². The predicted octanol–water partition coefficient (Wildman–Crippen LogP) is 2.43. The van der Waals surface area contributed by atoms with Crippen molar-refractivity contribution >= 4 is 5.69 Å². The molecule has 6 nitrogen and oxygen atoms in total. The van der Waals surface area contributed by atoms with Gasteiger partial charge in [0, 0.05) is 12.7 Å². The highest BCUT2D eigenvalue weighted by Gasteiger charge is 2.17. The van der Waals surface area contributed by atoms with Crippen molar-refractivity contribution < 1.29 is 19.5 Å². The van der Waals surface area contributed by atoms with E-state index in [0.717, 1.165) is 32.3 Å². The van der Waals surface area contributed by atoms with Crippen LogP contribution < -0.4 is 4.74 Å². The van der Waals surface area contributed by atoms with Crippen LogP contribution in [-0.2, 0) is 11.3 Å². The number of hydrogen-bond donors (Lipinski definition) is 1. The molecule has 2 rings (SSSR count). The topological polar surface area (TPSA) is 81.8 Å². The Morgan fingerprint density at radius 3 is 3.00 bits per heavy atom. The van der Waals surface area contributed by atoms with Gasteiger partial charge in [0.2, 0.25) is 0 Å². The zero-order chi connectivity index (χ0) is 14.4. The van der Waals surface area contributed by atoms with Crippen LogP contribution in [0.3, 0.4) is 0 Å². The minimum atomic E-state index is -0.476. The summed E-state index contributed by atoms with van der Waals surface area (Å²) in [5, 5.41) is 20.0. The van der Waals surface area contributed by atoms with E-state index in [0.29, 0.717) is 18.3 Å². The molecule has 0 bridgehead atoms. The van der Waals surface area contributed by atoms with Crippen LogP contribution in [0.4, 0.5) is 5.69 Å². The maximum Gasteiger partial charge on any atom is 0.310 e. The average Bonchev–Trinajstić information content (AvgIpc) is 2.96. The minimum Gasteiger partial charge on any atom is -0.487 e. The van der Waals surface area contributed by atoms with Gasteiger partial charge in [-0.05, 0) is 43.4 Å². The number of nitro benzene ring substituents is 1. The van der Waals surface area contributed by atoms with Gasteiger partial charge in [0.25, 0.3) is 0 Å². The third kappa shape index (κ3) is 3.91. The van der Waals surface area contributed by atoms with E-state index in [4.69, 9.17) is 14.6 Å². The van der Waals surface area contributed by atoms with Gasteiger partial charge in [-0.3, -0.25) is 10.1 Å². The summed E-state index contributed by atoms with van der Waals surface area (Å²) in [5.41, 5.74) is 0.532. The third-order valence-corrected chi connectivity index (χ3v) is 3.36. The van der Waals surface area contributed by atoms with Gasteiger partial charge in [-0.15, -0.1) is 0 Å². The van der Waals surface area contributed by atoms with Crippen molar-refractivity contribution in [2.24, 2.45) is 0 Å². The van der Waals surface area contributed by atoms with Crippen molar-refractivity contribution in [1.29, 1.82) is 0 Å². The molecule has 6 heteroatoms. The SMILES string of the molecule is O=[N+]([O-])c1ccc(CO)cc1OCCCC1CCCO1. The Balaban J connectivity index is 1.88. The van der Waals surface area contributed by atoms with Gasteiger partial charge in [0.15, 0.2) is 5.75 Å². The quantitative estimate of drug-likeness (QED) is 0.471. The highest BCUT2D eigenvalue weighted by Crippen LogP contribution is 2.28. The fourth-order valence-electron chi connectivity index (χ4n) is 2.29. The van der Waals surface area contributed by atoms with Crippen molar-refractivity contribution in [2.45, 2.75) is 38.4 Å². The highest BCUT2D eigenvalue weighted by molar-refractivity contribution is 5.48. The minimum absolute atomic E-state index is 0.0701. The van der Waals surface area contributed by atoms with Crippen LogP contribution in [-0.4, -0.2) is 29.3 Å². The summed E-state index contributed by atoms with van der Waals surface area (Å²) in [4.78, 5) is 10.4. The molecule has 0 aromatic heterocycles. The standard InChI is InChI=1S/C14H19NO5/c16-10-11-5-6-13(15(17)18)14(9-11)20-8-2-4-12-3-1-7-19-12/h5-6,9,12,16H,1-4,7-8,10H2. The van der Waals surface area contributed by atoms with E-state index in [-0.39, 0.29) is 18.0 Å². The van der Waals surface area contributed by atoms with Crippen LogP contribution in [0.5, 0.6) is 5.75 Å². The third-order valence-electron chi connectivity index (χ3n) is 3.36. The predicted molar refractivity (Wildman–Crippen MR) is 72.7 cm³/mol. The second-order valence-corrected chi connectivity index (χ2v) is 4.84.